The lowest BCUT2D eigenvalue weighted by molar-refractivity contribution is -0.140. The number of fused-ring (bicyclic) bond motifs is 3. The summed E-state index contributed by atoms with van der Waals surface area (Å²) in [6.45, 7) is 8.17. The Labute approximate surface area is 108 Å². The van der Waals surface area contributed by atoms with Gasteiger partial charge in [0.2, 0.25) is 0 Å². The highest BCUT2D eigenvalue weighted by Crippen LogP contribution is 2.49. The maximum Gasteiger partial charge on any atom is 0.334 e. The Balaban J connectivity index is 1.87. The molecule has 0 radical (unpaired) electrons. The molecule has 0 spiro atoms. The molecule has 18 heavy (non-hydrogen) atoms. The highest BCUT2D eigenvalue weighted by atomic mass is 16.6. The molecule has 1 aliphatic carbocycles. The monoisotopic (exact) mass is 248 g/mol. The van der Waals surface area contributed by atoms with Gasteiger partial charge in [-0.05, 0) is 39.5 Å². The van der Waals surface area contributed by atoms with Crippen LogP contribution in [0.5, 0.6) is 0 Å². The molecule has 0 aromatic heterocycles. The molecule has 0 N–H and O–H groups in total. The number of rotatable bonds is 0. The van der Waals surface area contributed by atoms with E-state index in [4.69, 9.17) is 9.47 Å². The van der Waals surface area contributed by atoms with Gasteiger partial charge in [-0.25, -0.2) is 4.79 Å². The minimum Gasteiger partial charge on any atom is -0.455 e. The molecular weight excluding hydrogens is 228 g/mol. The summed E-state index contributed by atoms with van der Waals surface area (Å²) >= 11 is 0. The Morgan fingerprint density at radius 2 is 2.28 bits per heavy atom. The van der Waals surface area contributed by atoms with Crippen LogP contribution in [0.3, 0.4) is 0 Å². The zero-order chi connectivity index (χ0) is 12.9. The first-order valence-corrected chi connectivity index (χ1v) is 6.74. The van der Waals surface area contributed by atoms with Crippen molar-refractivity contribution in [1.82, 2.24) is 0 Å². The lowest BCUT2D eigenvalue weighted by Crippen LogP contribution is -2.28. The van der Waals surface area contributed by atoms with E-state index in [1.807, 2.05) is 0 Å². The van der Waals surface area contributed by atoms with Gasteiger partial charge < -0.3 is 9.47 Å². The Bertz CT molecular complexity index is 437. The lowest BCUT2D eigenvalue weighted by Gasteiger charge is -2.19. The van der Waals surface area contributed by atoms with E-state index in [1.165, 1.54) is 5.57 Å². The van der Waals surface area contributed by atoms with Crippen molar-refractivity contribution in [2.45, 2.75) is 57.3 Å². The Kier molecular flexibility index (Phi) is 2.63. The predicted molar refractivity (Wildman–Crippen MR) is 68.0 cm³/mol. The average molecular weight is 248 g/mol. The standard InChI is InChI=1S/C15H20O3/c1-9-5-4-8-15(3)13(18-15)12-11(7-6-9)10(2)14(16)17-12/h5,11-13H,2,4,6-8H2,1,3H3/b9-5+/t11?,12-,13-,15+/m0/s1. The zero-order valence-electron chi connectivity index (χ0n) is 11.1. The van der Waals surface area contributed by atoms with Crippen LogP contribution < -0.4 is 0 Å². The molecule has 0 amide bonds. The fourth-order valence-corrected chi connectivity index (χ4v) is 3.20. The lowest BCUT2D eigenvalue weighted by atomic mass is 9.84. The third-order valence-electron chi connectivity index (χ3n) is 4.57. The van der Waals surface area contributed by atoms with Gasteiger partial charge in [-0.2, -0.15) is 0 Å². The Morgan fingerprint density at radius 1 is 1.50 bits per heavy atom. The van der Waals surface area contributed by atoms with Crippen LogP contribution in [-0.2, 0) is 14.3 Å². The maximum atomic E-state index is 11.7. The normalized spacial score (nSPS) is 46.6. The fraction of sp³-hybridized carbons (Fsp3) is 0.667. The number of ether oxygens (including phenoxy) is 2. The highest BCUT2D eigenvalue weighted by molar-refractivity contribution is 5.91. The van der Waals surface area contributed by atoms with E-state index in [0.717, 1.165) is 25.7 Å². The van der Waals surface area contributed by atoms with Crippen LogP contribution in [0.2, 0.25) is 0 Å². The molecule has 2 heterocycles. The topological polar surface area (TPSA) is 38.8 Å². The molecule has 98 valence electrons. The molecule has 2 aliphatic heterocycles. The van der Waals surface area contributed by atoms with Crippen molar-refractivity contribution in [2.24, 2.45) is 5.92 Å². The number of allylic oxidation sites excluding steroid dienone is 2. The SMILES string of the molecule is C=C1C(=O)O[C@H]2C1CC/C(C)=C/CC[C@@]1(C)O[C@@H]21. The van der Waals surface area contributed by atoms with E-state index < -0.39 is 0 Å². The van der Waals surface area contributed by atoms with E-state index >= 15 is 0 Å². The van der Waals surface area contributed by atoms with Gasteiger partial charge in [-0.3, -0.25) is 0 Å². The molecule has 4 atom stereocenters. The summed E-state index contributed by atoms with van der Waals surface area (Å²) in [6, 6.07) is 0. The van der Waals surface area contributed by atoms with Crippen molar-refractivity contribution in [3.05, 3.63) is 23.8 Å². The van der Waals surface area contributed by atoms with Gasteiger partial charge in [-0.1, -0.05) is 18.2 Å². The molecule has 2 saturated heterocycles. The molecule has 3 aliphatic rings. The van der Waals surface area contributed by atoms with Gasteiger partial charge in [0.1, 0.15) is 12.2 Å². The molecule has 0 aromatic carbocycles. The van der Waals surface area contributed by atoms with Crippen molar-refractivity contribution in [3.63, 3.8) is 0 Å². The van der Waals surface area contributed by atoms with Crippen LogP contribution in [0.25, 0.3) is 0 Å². The van der Waals surface area contributed by atoms with E-state index in [-0.39, 0.29) is 29.7 Å². The minimum absolute atomic E-state index is 0.0671. The van der Waals surface area contributed by atoms with Crippen LogP contribution in [0.15, 0.2) is 23.8 Å². The third kappa shape index (κ3) is 1.81. The first kappa shape index (κ1) is 12.0. The second-order valence-electron chi connectivity index (χ2n) is 5.98. The number of hydrogen-bond acceptors (Lipinski definition) is 3. The molecule has 2 fully saturated rings. The number of carbonyl (C=O) groups excluding carboxylic acids is 1. The zero-order valence-corrected chi connectivity index (χ0v) is 11.1. The van der Waals surface area contributed by atoms with Crippen molar-refractivity contribution < 1.29 is 14.3 Å². The van der Waals surface area contributed by atoms with E-state index in [9.17, 15) is 4.79 Å². The summed E-state index contributed by atoms with van der Waals surface area (Å²) in [7, 11) is 0. The van der Waals surface area contributed by atoms with Crippen molar-refractivity contribution in [3.8, 4) is 0 Å². The van der Waals surface area contributed by atoms with Gasteiger partial charge in [-0.15, -0.1) is 0 Å². The fourth-order valence-electron chi connectivity index (χ4n) is 3.20. The Morgan fingerprint density at radius 3 is 3.06 bits per heavy atom. The molecule has 3 rings (SSSR count). The largest absolute Gasteiger partial charge is 0.455 e. The van der Waals surface area contributed by atoms with Crippen LogP contribution in [-0.4, -0.2) is 23.8 Å². The van der Waals surface area contributed by atoms with E-state index in [2.05, 4.69) is 26.5 Å². The van der Waals surface area contributed by atoms with Crippen LogP contribution >= 0.6 is 0 Å². The summed E-state index contributed by atoms with van der Waals surface area (Å²) in [5.41, 5.74) is 1.91. The van der Waals surface area contributed by atoms with Gasteiger partial charge in [0.05, 0.1) is 5.60 Å². The number of carbonyl (C=O) groups is 1. The summed E-state index contributed by atoms with van der Waals surface area (Å²) in [5.74, 6) is -0.102. The van der Waals surface area contributed by atoms with Crippen molar-refractivity contribution in [2.75, 3.05) is 0 Å². The van der Waals surface area contributed by atoms with E-state index in [1.54, 1.807) is 0 Å². The highest BCUT2D eigenvalue weighted by Gasteiger charge is 2.61. The minimum atomic E-state index is -0.233. The van der Waals surface area contributed by atoms with Crippen LogP contribution in [0.1, 0.15) is 39.5 Å². The van der Waals surface area contributed by atoms with Gasteiger partial charge in [0.15, 0.2) is 0 Å². The van der Waals surface area contributed by atoms with Crippen molar-refractivity contribution in [1.29, 1.82) is 0 Å². The number of epoxide rings is 1. The molecule has 3 heteroatoms. The molecule has 0 aromatic rings. The first-order valence-electron chi connectivity index (χ1n) is 6.74. The van der Waals surface area contributed by atoms with E-state index in [0.29, 0.717) is 5.57 Å². The quantitative estimate of drug-likeness (QED) is 0.286. The maximum absolute atomic E-state index is 11.7. The summed E-state index contributed by atoms with van der Waals surface area (Å²) < 4.78 is 11.3. The number of esters is 1. The summed E-state index contributed by atoms with van der Waals surface area (Å²) in [6.07, 6.45) is 6.25. The second-order valence-corrected chi connectivity index (χ2v) is 5.98. The third-order valence-corrected chi connectivity index (χ3v) is 4.57. The predicted octanol–water partition coefficient (Wildman–Crippen LogP) is 2.76. The van der Waals surface area contributed by atoms with Crippen molar-refractivity contribution >= 4 is 5.97 Å². The van der Waals surface area contributed by atoms with Crippen LogP contribution in [0.4, 0.5) is 0 Å². The van der Waals surface area contributed by atoms with Gasteiger partial charge in [0, 0.05) is 11.5 Å². The summed E-state index contributed by atoms with van der Waals surface area (Å²) in [4.78, 5) is 11.7. The van der Waals surface area contributed by atoms with Gasteiger partial charge >= 0.3 is 5.97 Å². The molecule has 3 nitrogen and oxygen atoms in total. The smallest absolute Gasteiger partial charge is 0.334 e. The Hall–Kier alpha value is -1.09. The second kappa shape index (κ2) is 3.95. The average Bonchev–Trinajstić information content (AvgIpc) is 2.90. The van der Waals surface area contributed by atoms with Crippen LogP contribution in [0, 0.1) is 5.92 Å². The molecule has 0 bridgehead atoms. The summed E-state index contributed by atoms with van der Waals surface area (Å²) in [5, 5.41) is 0. The molecule has 1 unspecified atom stereocenters. The molecular formula is C15H20O3. The molecule has 0 saturated carbocycles. The first-order chi connectivity index (χ1) is 8.51. The van der Waals surface area contributed by atoms with Gasteiger partial charge in [0.25, 0.3) is 0 Å². The number of hydrogen-bond donors (Lipinski definition) is 0.